The number of aromatic nitrogens is 1. The number of piperidine rings is 1. The third-order valence-corrected chi connectivity index (χ3v) is 4.79. The standard InChI is InChI=1S/C18H22ClN3O2/c19-15-7-2-1-6-14(15)16-12-21-17(24-16)8-9-18(23)22-10-4-3-5-13(22)11-20/h1-2,6-7,12-13H,3-5,8-11,20H2. The lowest BCUT2D eigenvalue weighted by Crippen LogP contribution is -2.47. The maximum absolute atomic E-state index is 12.5. The Labute approximate surface area is 146 Å². The SMILES string of the molecule is NCC1CCCCN1C(=O)CCc1ncc(-c2ccccc2Cl)o1. The van der Waals surface area contributed by atoms with E-state index in [1.54, 1.807) is 6.20 Å². The molecule has 2 heterocycles. The van der Waals surface area contributed by atoms with Crippen LogP contribution < -0.4 is 5.73 Å². The quantitative estimate of drug-likeness (QED) is 0.901. The molecule has 0 aliphatic carbocycles. The largest absolute Gasteiger partial charge is 0.441 e. The second-order valence-electron chi connectivity index (χ2n) is 6.07. The van der Waals surface area contributed by atoms with Crippen molar-refractivity contribution in [1.29, 1.82) is 0 Å². The van der Waals surface area contributed by atoms with Gasteiger partial charge in [-0.25, -0.2) is 4.98 Å². The molecule has 1 atom stereocenters. The Hall–Kier alpha value is -1.85. The first kappa shape index (κ1) is 17.0. The molecular weight excluding hydrogens is 326 g/mol. The highest BCUT2D eigenvalue weighted by Crippen LogP contribution is 2.28. The summed E-state index contributed by atoms with van der Waals surface area (Å²) in [5, 5.41) is 0.621. The molecule has 1 aliphatic rings. The summed E-state index contributed by atoms with van der Waals surface area (Å²) < 4.78 is 5.75. The first-order chi connectivity index (χ1) is 11.7. The Kier molecular flexibility index (Phi) is 5.53. The molecule has 24 heavy (non-hydrogen) atoms. The van der Waals surface area contributed by atoms with Gasteiger partial charge < -0.3 is 15.1 Å². The minimum atomic E-state index is 0.127. The predicted octanol–water partition coefficient (Wildman–Crippen LogP) is 3.27. The summed E-state index contributed by atoms with van der Waals surface area (Å²) in [6.07, 6.45) is 5.73. The molecule has 3 rings (SSSR count). The van der Waals surface area contributed by atoms with E-state index in [9.17, 15) is 4.79 Å². The van der Waals surface area contributed by atoms with E-state index in [-0.39, 0.29) is 11.9 Å². The van der Waals surface area contributed by atoms with Crippen LogP contribution in [0.25, 0.3) is 11.3 Å². The molecule has 1 aromatic heterocycles. The summed E-state index contributed by atoms with van der Waals surface area (Å²) in [7, 11) is 0. The summed E-state index contributed by atoms with van der Waals surface area (Å²) in [6.45, 7) is 1.33. The van der Waals surface area contributed by atoms with Gasteiger partial charge >= 0.3 is 0 Å². The van der Waals surface area contributed by atoms with E-state index in [0.717, 1.165) is 31.4 Å². The number of benzene rings is 1. The van der Waals surface area contributed by atoms with E-state index >= 15 is 0 Å². The molecule has 0 bridgehead atoms. The fraction of sp³-hybridized carbons (Fsp3) is 0.444. The van der Waals surface area contributed by atoms with Gasteiger partial charge in [0.1, 0.15) is 0 Å². The molecule has 5 nitrogen and oxygen atoms in total. The molecule has 1 aromatic carbocycles. The van der Waals surface area contributed by atoms with Gasteiger partial charge in [-0.05, 0) is 31.4 Å². The summed E-state index contributed by atoms with van der Waals surface area (Å²) in [5.41, 5.74) is 6.59. The second-order valence-corrected chi connectivity index (χ2v) is 6.48. The van der Waals surface area contributed by atoms with Crippen molar-refractivity contribution >= 4 is 17.5 Å². The number of nitrogens with two attached hydrogens (primary N) is 1. The van der Waals surface area contributed by atoms with Gasteiger partial charge in [-0.1, -0.05) is 23.7 Å². The zero-order valence-corrected chi connectivity index (χ0v) is 14.3. The number of aryl methyl sites for hydroxylation is 1. The van der Waals surface area contributed by atoms with E-state index in [1.807, 2.05) is 29.2 Å². The molecule has 1 fully saturated rings. The molecule has 1 saturated heterocycles. The fourth-order valence-electron chi connectivity index (χ4n) is 3.14. The van der Waals surface area contributed by atoms with Gasteiger partial charge in [0.2, 0.25) is 5.91 Å². The van der Waals surface area contributed by atoms with Crippen molar-refractivity contribution in [3.63, 3.8) is 0 Å². The number of hydrogen-bond acceptors (Lipinski definition) is 4. The van der Waals surface area contributed by atoms with Gasteiger partial charge in [0.05, 0.1) is 11.2 Å². The van der Waals surface area contributed by atoms with Crippen LogP contribution in [0.15, 0.2) is 34.9 Å². The summed E-state index contributed by atoms with van der Waals surface area (Å²) >= 11 is 6.17. The number of hydrogen-bond donors (Lipinski definition) is 1. The van der Waals surface area contributed by atoms with Crippen LogP contribution in [0.5, 0.6) is 0 Å². The van der Waals surface area contributed by atoms with Crippen molar-refractivity contribution < 1.29 is 9.21 Å². The normalized spacial score (nSPS) is 17.9. The molecule has 1 aliphatic heterocycles. The lowest BCUT2D eigenvalue weighted by molar-refractivity contribution is -0.134. The molecule has 0 radical (unpaired) electrons. The summed E-state index contributed by atoms with van der Waals surface area (Å²) in [4.78, 5) is 18.6. The Morgan fingerprint density at radius 1 is 1.38 bits per heavy atom. The van der Waals surface area contributed by atoms with E-state index < -0.39 is 0 Å². The average Bonchev–Trinajstić information content (AvgIpc) is 3.08. The Morgan fingerprint density at radius 3 is 3.00 bits per heavy atom. The number of oxazole rings is 1. The van der Waals surface area contributed by atoms with Crippen molar-refractivity contribution in [2.45, 2.75) is 38.1 Å². The van der Waals surface area contributed by atoms with Crippen LogP contribution in [0, 0.1) is 0 Å². The van der Waals surface area contributed by atoms with E-state index in [0.29, 0.717) is 36.1 Å². The molecule has 0 spiro atoms. The van der Waals surface area contributed by atoms with Crippen LogP contribution in [-0.4, -0.2) is 34.9 Å². The second kappa shape index (κ2) is 7.81. The van der Waals surface area contributed by atoms with Crippen molar-refractivity contribution in [2.75, 3.05) is 13.1 Å². The minimum absolute atomic E-state index is 0.127. The Bertz CT molecular complexity index is 701. The van der Waals surface area contributed by atoms with Gasteiger partial charge in [-0.3, -0.25) is 4.79 Å². The first-order valence-corrected chi connectivity index (χ1v) is 8.76. The zero-order chi connectivity index (χ0) is 16.9. The van der Waals surface area contributed by atoms with Gasteiger partial charge in [0, 0.05) is 37.5 Å². The average molecular weight is 348 g/mol. The van der Waals surface area contributed by atoms with Crippen LogP contribution in [-0.2, 0) is 11.2 Å². The number of halogens is 1. The van der Waals surface area contributed by atoms with Crippen molar-refractivity contribution in [3.8, 4) is 11.3 Å². The third-order valence-electron chi connectivity index (χ3n) is 4.47. The first-order valence-electron chi connectivity index (χ1n) is 8.38. The number of carbonyl (C=O) groups is 1. The van der Waals surface area contributed by atoms with Crippen molar-refractivity contribution in [3.05, 3.63) is 41.4 Å². The molecule has 2 N–H and O–H groups in total. The number of rotatable bonds is 5. The van der Waals surface area contributed by atoms with E-state index in [4.69, 9.17) is 21.8 Å². The lowest BCUT2D eigenvalue weighted by atomic mass is 10.0. The highest BCUT2D eigenvalue weighted by atomic mass is 35.5. The maximum atomic E-state index is 12.5. The number of carbonyl (C=O) groups excluding carboxylic acids is 1. The van der Waals surface area contributed by atoms with Crippen LogP contribution in [0.2, 0.25) is 5.02 Å². The van der Waals surface area contributed by atoms with E-state index in [2.05, 4.69) is 4.98 Å². The minimum Gasteiger partial charge on any atom is -0.441 e. The van der Waals surface area contributed by atoms with Gasteiger partial charge in [0.15, 0.2) is 11.7 Å². The summed E-state index contributed by atoms with van der Waals surface area (Å²) in [6, 6.07) is 7.64. The van der Waals surface area contributed by atoms with Gasteiger partial charge in [-0.15, -0.1) is 0 Å². The molecule has 6 heteroatoms. The van der Waals surface area contributed by atoms with Crippen molar-refractivity contribution in [1.82, 2.24) is 9.88 Å². The van der Waals surface area contributed by atoms with Crippen molar-refractivity contribution in [2.24, 2.45) is 5.73 Å². The third kappa shape index (κ3) is 3.79. The monoisotopic (exact) mass is 347 g/mol. The van der Waals surface area contributed by atoms with Gasteiger partial charge in [-0.2, -0.15) is 0 Å². The molecular formula is C18H22ClN3O2. The molecule has 1 unspecified atom stereocenters. The van der Waals surface area contributed by atoms with E-state index in [1.165, 1.54) is 0 Å². The zero-order valence-electron chi connectivity index (χ0n) is 13.6. The number of amides is 1. The van der Waals surface area contributed by atoms with Crippen LogP contribution in [0.3, 0.4) is 0 Å². The lowest BCUT2D eigenvalue weighted by Gasteiger charge is -2.35. The molecule has 128 valence electrons. The van der Waals surface area contributed by atoms with Gasteiger partial charge in [0.25, 0.3) is 0 Å². The summed E-state index contributed by atoms with van der Waals surface area (Å²) in [5.74, 6) is 1.31. The molecule has 2 aromatic rings. The highest BCUT2D eigenvalue weighted by Gasteiger charge is 2.25. The fourth-order valence-corrected chi connectivity index (χ4v) is 3.37. The maximum Gasteiger partial charge on any atom is 0.223 e. The molecule has 0 saturated carbocycles. The topological polar surface area (TPSA) is 72.4 Å². The van der Waals surface area contributed by atoms with Crippen LogP contribution in [0.1, 0.15) is 31.6 Å². The Morgan fingerprint density at radius 2 is 2.21 bits per heavy atom. The Balaban J connectivity index is 1.61. The van der Waals surface area contributed by atoms with Crippen LogP contribution in [0.4, 0.5) is 0 Å². The number of likely N-dealkylation sites (tertiary alicyclic amines) is 1. The highest BCUT2D eigenvalue weighted by molar-refractivity contribution is 6.33. The molecule has 1 amide bonds. The number of nitrogens with zero attached hydrogens (tertiary/aromatic N) is 2. The smallest absolute Gasteiger partial charge is 0.223 e. The van der Waals surface area contributed by atoms with Crippen LogP contribution >= 0.6 is 11.6 Å². The predicted molar refractivity (Wildman–Crippen MR) is 93.7 cm³/mol.